The maximum absolute atomic E-state index is 13.4. The first-order chi connectivity index (χ1) is 12.0. The minimum atomic E-state index is -3.71. The molecule has 2 aromatic carbocycles. The van der Waals surface area contributed by atoms with Gasteiger partial charge in [0, 0.05) is 4.47 Å². The monoisotopic (exact) mass is 437 g/mol. The molecule has 0 amide bonds. The molecule has 26 heavy (non-hydrogen) atoms. The van der Waals surface area contributed by atoms with Crippen LogP contribution < -0.4 is 4.72 Å². The van der Waals surface area contributed by atoms with Crippen LogP contribution in [0.3, 0.4) is 0 Å². The highest BCUT2D eigenvalue weighted by molar-refractivity contribution is 9.10. The van der Waals surface area contributed by atoms with Gasteiger partial charge in [-0.3, -0.25) is 4.72 Å². The van der Waals surface area contributed by atoms with E-state index in [1.54, 1.807) is 6.07 Å². The maximum atomic E-state index is 13.4. The molecule has 1 N–H and O–H groups in total. The van der Waals surface area contributed by atoms with Gasteiger partial charge in [-0.25, -0.2) is 8.42 Å². The molecule has 0 bridgehead atoms. The first-order valence-electron chi connectivity index (χ1n) is 8.99. The summed E-state index contributed by atoms with van der Waals surface area (Å²) in [7, 11) is -3.71. The topological polar surface area (TPSA) is 46.2 Å². The first-order valence-corrected chi connectivity index (χ1v) is 11.3. The van der Waals surface area contributed by atoms with Gasteiger partial charge < -0.3 is 0 Å². The SMILES string of the molecule is CC(C)c1cc(C(C)C)c(S(=O)(=O)Nc2ccccc2Br)c(C(C)C)c1. The van der Waals surface area contributed by atoms with E-state index < -0.39 is 10.0 Å². The molecule has 0 aliphatic carbocycles. The van der Waals surface area contributed by atoms with Gasteiger partial charge in [0.05, 0.1) is 10.6 Å². The van der Waals surface area contributed by atoms with E-state index in [4.69, 9.17) is 0 Å². The van der Waals surface area contributed by atoms with Gasteiger partial charge in [-0.15, -0.1) is 0 Å². The zero-order valence-corrected chi connectivity index (χ0v) is 18.7. The molecule has 0 fully saturated rings. The number of hydrogen-bond donors (Lipinski definition) is 1. The Balaban J connectivity index is 2.71. The van der Waals surface area contributed by atoms with Crippen LogP contribution in [0.15, 0.2) is 45.8 Å². The van der Waals surface area contributed by atoms with Crippen molar-refractivity contribution in [2.75, 3.05) is 4.72 Å². The van der Waals surface area contributed by atoms with Crippen molar-refractivity contribution in [2.45, 2.75) is 64.2 Å². The highest BCUT2D eigenvalue weighted by atomic mass is 79.9. The third-order valence-electron chi connectivity index (χ3n) is 4.47. The van der Waals surface area contributed by atoms with E-state index in [1.807, 2.05) is 45.9 Å². The minimum absolute atomic E-state index is 0.108. The Bertz CT molecular complexity index is 858. The van der Waals surface area contributed by atoms with Crippen LogP contribution in [0.25, 0.3) is 0 Å². The van der Waals surface area contributed by atoms with Crippen LogP contribution in [0.2, 0.25) is 0 Å². The molecule has 0 unspecified atom stereocenters. The second kappa shape index (κ2) is 8.13. The summed E-state index contributed by atoms with van der Waals surface area (Å²) in [6.45, 7) is 12.4. The number of hydrogen-bond acceptors (Lipinski definition) is 2. The van der Waals surface area contributed by atoms with E-state index in [2.05, 4.69) is 46.6 Å². The number of para-hydroxylation sites is 1. The van der Waals surface area contributed by atoms with Crippen molar-refractivity contribution in [3.05, 3.63) is 57.6 Å². The molecule has 0 spiro atoms. The standard InChI is InChI=1S/C21H28BrNO2S/c1-13(2)16-11-17(14(3)4)21(18(12-16)15(5)6)26(24,25)23-20-10-8-7-9-19(20)22/h7-15,23H,1-6H3. The highest BCUT2D eigenvalue weighted by Gasteiger charge is 2.27. The first kappa shape index (κ1) is 21.0. The van der Waals surface area contributed by atoms with Crippen LogP contribution in [-0.4, -0.2) is 8.42 Å². The summed E-state index contributed by atoms with van der Waals surface area (Å²) in [5, 5.41) is 0. The predicted molar refractivity (Wildman–Crippen MR) is 114 cm³/mol. The fourth-order valence-corrected chi connectivity index (χ4v) is 5.23. The largest absolute Gasteiger partial charge is 0.278 e. The van der Waals surface area contributed by atoms with E-state index in [0.29, 0.717) is 16.5 Å². The van der Waals surface area contributed by atoms with Crippen LogP contribution in [0.4, 0.5) is 5.69 Å². The predicted octanol–water partition coefficient (Wildman–Crippen LogP) is 6.62. The zero-order valence-electron chi connectivity index (χ0n) is 16.3. The van der Waals surface area contributed by atoms with Crippen molar-refractivity contribution in [1.82, 2.24) is 0 Å². The molecule has 0 heterocycles. The Morgan fingerprint density at radius 1 is 0.846 bits per heavy atom. The molecule has 2 aromatic rings. The quantitative estimate of drug-likeness (QED) is 0.551. The number of nitrogens with one attached hydrogen (secondary N) is 1. The molecule has 0 radical (unpaired) electrons. The van der Waals surface area contributed by atoms with Crippen molar-refractivity contribution < 1.29 is 8.42 Å². The molecule has 0 atom stereocenters. The molecule has 0 aliphatic rings. The molecule has 142 valence electrons. The summed E-state index contributed by atoms with van der Waals surface area (Å²) in [6, 6.07) is 11.4. The lowest BCUT2D eigenvalue weighted by atomic mass is 9.89. The summed E-state index contributed by atoms with van der Waals surface area (Å²) >= 11 is 3.42. The molecule has 0 saturated heterocycles. The zero-order chi connectivity index (χ0) is 19.6. The van der Waals surface area contributed by atoms with E-state index in [0.717, 1.165) is 15.6 Å². The Morgan fingerprint density at radius 2 is 1.35 bits per heavy atom. The van der Waals surface area contributed by atoms with Gasteiger partial charge in [0.2, 0.25) is 0 Å². The second-order valence-electron chi connectivity index (χ2n) is 7.58. The van der Waals surface area contributed by atoms with Gasteiger partial charge in [0.25, 0.3) is 10.0 Å². The van der Waals surface area contributed by atoms with Crippen molar-refractivity contribution in [3.8, 4) is 0 Å². The van der Waals surface area contributed by atoms with E-state index in [1.165, 1.54) is 5.56 Å². The van der Waals surface area contributed by atoms with Crippen molar-refractivity contribution in [3.63, 3.8) is 0 Å². The lowest BCUT2D eigenvalue weighted by Gasteiger charge is -2.23. The summed E-state index contributed by atoms with van der Waals surface area (Å²) in [6.07, 6.45) is 0. The van der Waals surface area contributed by atoms with Crippen molar-refractivity contribution in [2.24, 2.45) is 0 Å². The molecule has 0 aromatic heterocycles. The van der Waals surface area contributed by atoms with Gasteiger partial charge >= 0.3 is 0 Å². The van der Waals surface area contributed by atoms with Crippen LogP contribution in [-0.2, 0) is 10.0 Å². The molecule has 2 rings (SSSR count). The van der Waals surface area contributed by atoms with Crippen LogP contribution in [0.5, 0.6) is 0 Å². The van der Waals surface area contributed by atoms with Gasteiger partial charge in [0.15, 0.2) is 0 Å². The second-order valence-corrected chi connectivity index (χ2v) is 10.1. The Kier molecular flexibility index (Phi) is 6.56. The van der Waals surface area contributed by atoms with Crippen molar-refractivity contribution in [1.29, 1.82) is 0 Å². The minimum Gasteiger partial charge on any atom is -0.278 e. The fourth-order valence-electron chi connectivity index (χ4n) is 2.94. The number of sulfonamides is 1. The Labute approximate surface area is 166 Å². The summed E-state index contributed by atoms with van der Waals surface area (Å²) < 4.78 is 30.2. The Hall–Kier alpha value is -1.33. The number of halogens is 1. The number of benzene rings is 2. The third kappa shape index (κ3) is 4.49. The average molecular weight is 438 g/mol. The third-order valence-corrected chi connectivity index (χ3v) is 6.66. The van der Waals surface area contributed by atoms with Crippen LogP contribution >= 0.6 is 15.9 Å². The summed E-state index contributed by atoms with van der Waals surface area (Å²) in [4.78, 5) is 0.419. The van der Waals surface area contributed by atoms with Crippen LogP contribution in [0.1, 0.15) is 76.0 Å². The smallest absolute Gasteiger partial charge is 0.262 e. The number of rotatable bonds is 6. The molecule has 5 heteroatoms. The lowest BCUT2D eigenvalue weighted by molar-refractivity contribution is 0.595. The van der Waals surface area contributed by atoms with Crippen LogP contribution in [0, 0.1) is 0 Å². The Morgan fingerprint density at radius 3 is 1.77 bits per heavy atom. The van der Waals surface area contributed by atoms with Gasteiger partial charge in [-0.2, -0.15) is 0 Å². The number of anilines is 1. The molecule has 3 nitrogen and oxygen atoms in total. The summed E-state index contributed by atoms with van der Waals surface area (Å²) in [5.74, 6) is 0.562. The van der Waals surface area contributed by atoms with Crippen molar-refractivity contribution >= 4 is 31.6 Å². The van der Waals surface area contributed by atoms with Gasteiger partial charge in [-0.05, 0) is 62.5 Å². The molecular weight excluding hydrogens is 410 g/mol. The molecule has 0 saturated carbocycles. The fraction of sp³-hybridized carbons (Fsp3) is 0.429. The maximum Gasteiger partial charge on any atom is 0.262 e. The average Bonchev–Trinajstić information content (AvgIpc) is 2.55. The van der Waals surface area contributed by atoms with Gasteiger partial charge in [-0.1, -0.05) is 65.8 Å². The normalized spacial score (nSPS) is 12.2. The van der Waals surface area contributed by atoms with E-state index in [-0.39, 0.29) is 11.8 Å². The van der Waals surface area contributed by atoms with E-state index in [9.17, 15) is 8.42 Å². The molecular formula is C21H28BrNO2S. The summed E-state index contributed by atoms with van der Waals surface area (Å²) in [5.41, 5.74) is 3.47. The van der Waals surface area contributed by atoms with Gasteiger partial charge in [0.1, 0.15) is 0 Å². The van der Waals surface area contributed by atoms with E-state index >= 15 is 0 Å². The molecule has 0 aliphatic heterocycles. The lowest BCUT2D eigenvalue weighted by Crippen LogP contribution is -2.19. The highest BCUT2D eigenvalue weighted by Crippen LogP contribution is 2.36.